The van der Waals surface area contributed by atoms with E-state index in [0.717, 1.165) is 19.4 Å². The molecule has 1 saturated heterocycles. The molecule has 0 aromatic rings. The maximum Gasteiger partial charge on any atom is 0.246 e. The molecule has 0 spiro atoms. The predicted molar refractivity (Wildman–Crippen MR) is 54.4 cm³/mol. The van der Waals surface area contributed by atoms with Gasteiger partial charge in [0, 0.05) is 12.6 Å². The van der Waals surface area contributed by atoms with Crippen LogP contribution in [-0.4, -0.2) is 23.4 Å². The quantitative estimate of drug-likeness (QED) is 0.598. The molecule has 1 aliphatic heterocycles. The van der Waals surface area contributed by atoms with Gasteiger partial charge in [-0.2, -0.15) is 0 Å². The van der Waals surface area contributed by atoms with E-state index in [1.807, 2.05) is 17.9 Å². The van der Waals surface area contributed by atoms with E-state index in [2.05, 4.69) is 13.8 Å². The predicted octanol–water partition coefficient (Wildman–Crippen LogP) is 2.21. The Balaban J connectivity index is 2.64. The highest BCUT2D eigenvalue weighted by Crippen LogP contribution is 2.26. The van der Waals surface area contributed by atoms with Crippen molar-refractivity contribution < 1.29 is 4.79 Å². The van der Waals surface area contributed by atoms with Gasteiger partial charge in [-0.3, -0.25) is 4.79 Å². The molecule has 0 aromatic carbocycles. The van der Waals surface area contributed by atoms with Gasteiger partial charge >= 0.3 is 0 Å². The second-order valence-electron chi connectivity index (χ2n) is 3.77. The van der Waals surface area contributed by atoms with Gasteiger partial charge in [-0.05, 0) is 31.8 Å². The molecule has 0 bridgehead atoms. The molecule has 1 heterocycles. The summed E-state index contributed by atoms with van der Waals surface area (Å²) in [5.41, 5.74) is 0. The fourth-order valence-corrected chi connectivity index (χ4v) is 2.14. The fraction of sp³-hybridized carbons (Fsp3) is 0.727. The number of likely N-dealkylation sites (tertiary alicyclic amines) is 1. The van der Waals surface area contributed by atoms with Crippen molar-refractivity contribution in [3.8, 4) is 0 Å². The van der Waals surface area contributed by atoms with Crippen molar-refractivity contribution in [3.05, 3.63) is 12.2 Å². The fourth-order valence-electron chi connectivity index (χ4n) is 2.14. The Morgan fingerprint density at radius 1 is 1.62 bits per heavy atom. The minimum atomic E-state index is 0.179. The van der Waals surface area contributed by atoms with Crippen LogP contribution in [0.15, 0.2) is 12.2 Å². The lowest BCUT2D eigenvalue weighted by Gasteiger charge is -2.24. The monoisotopic (exact) mass is 181 g/mol. The van der Waals surface area contributed by atoms with Gasteiger partial charge in [0.2, 0.25) is 5.91 Å². The summed E-state index contributed by atoms with van der Waals surface area (Å²) in [6.45, 7) is 7.21. The molecule has 0 aliphatic carbocycles. The molecule has 0 radical (unpaired) electrons. The maximum absolute atomic E-state index is 11.6. The molecule has 0 N–H and O–H groups in total. The van der Waals surface area contributed by atoms with Crippen LogP contribution in [0.3, 0.4) is 0 Å². The van der Waals surface area contributed by atoms with E-state index < -0.39 is 0 Å². The number of nitrogens with zero attached hydrogens (tertiary/aromatic N) is 1. The van der Waals surface area contributed by atoms with Crippen molar-refractivity contribution in [2.24, 2.45) is 5.92 Å². The summed E-state index contributed by atoms with van der Waals surface area (Å²) in [4.78, 5) is 13.6. The molecule has 1 aliphatic rings. The lowest BCUT2D eigenvalue weighted by atomic mass is 10.0. The highest BCUT2D eigenvalue weighted by atomic mass is 16.2. The highest BCUT2D eigenvalue weighted by Gasteiger charge is 2.31. The van der Waals surface area contributed by atoms with Crippen molar-refractivity contribution in [2.75, 3.05) is 6.54 Å². The van der Waals surface area contributed by atoms with Crippen molar-refractivity contribution in [1.29, 1.82) is 0 Å². The Morgan fingerprint density at radius 3 is 2.85 bits per heavy atom. The van der Waals surface area contributed by atoms with E-state index >= 15 is 0 Å². The first-order chi connectivity index (χ1) is 6.20. The number of carbonyl (C=O) groups is 1. The Bertz CT molecular complexity index is 210. The Morgan fingerprint density at radius 2 is 2.31 bits per heavy atom. The van der Waals surface area contributed by atoms with Crippen LogP contribution in [0.2, 0.25) is 0 Å². The van der Waals surface area contributed by atoms with Gasteiger partial charge in [-0.1, -0.05) is 19.9 Å². The Labute approximate surface area is 80.6 Å². The van der Waals surface area contributed by atoms with Crippen LogP contribution in [0, 0.1) is 5.92 Å². The number of carbonyl (C=O) groups excluding carboxylic acids is 1. The van der Waals surface area contributed by atoms with Gasteiger partial charge in [0.15, 0.2) is 0 Å². The molecule has 74 valence electrons. The van der Waals surface area contributed by atoms with Crippen LogP contribution in [0.25, 0.3) is 0 Å². The lowest BCUT2D eigenvalue weighted by Crippen LogP contribution is -2.35. The van der Waals surface area contributed by atoms with Crippen molar-refractivity contribution in [2.45, 2.75) is 39.7 Å². The molecule has 2 atom stereocenters. The average molecular weight is 181 g/mol. The molecule has 2 unspecified atom stereocenters. The van der Waals surface area contributed by atoms with Crippen LogP contribution < -0.4 is 0 Å². The second kappa shape index (κ2) is 4.45. The van der Waals surface area contributed by atoms with Gasteiger partial charge < -0.3 is 4.90 Å². The first kappa shape index (κ1) is 10.3. The van der Waals surface area contributed by atoms with Crippen LogP contribution in [0.1, 0.15) is 33.6 Å². The summed E-state index contributed by atoms with van der Waals surface area (Å²) in [5, 5.41) is 0. The normalized spacial score (nSPS) is 28.7. The summed E-state index contributed by atoms with van der Waals surface area (Å²) >= 11 is 0. The van der Waals surface area contributed by atoms with Crippen molar-refractivity contribution >= 4 is 5.91 Å². The third-order valence-corrected chi connectivity index (χ3v) is 2.89. The van der Waals surface area contributed by atoms with E-state index in [-0.39, 0.29) is 5.91 Å². The Kier molecular flexibility index (Phi) is 3.52. The van der Waals surface area contributed by atoms with Gasteiger partial charge in [0.1, 0.15) is 0 Å². The van der Waals surface area contributed by atoms with Crippen LogP contribution in [0.4, 0.5) is 0 Å². The zero-order valence-electron chi connectivity index (χ0n) is 8.79. The molecule has 1 fully saturated rings. The largest absolute Gasteiger partial charge is 0.336 e. The average Bonchev–Trinajstić information content (AvgIpc) is 2.47. The molecule has 2 nitrogen and oxygen atoms in total. The minimum Gasteiger partial charge on any atom is -0.336 e. The van der Waals surface area contributed by atoms with Crippen LogP contribution in [0.5, 0.6) is 0 Å². The van der Waals surface area contributed by atoms with Gasteiger partial charge in [0.25, 0.3) is 0 Å². The topological polar surface area (TPSA) is 20.3 Å². The number of rotatable bonds is 2. The smallest absolute Gasteiger partial charge is 0.246 e. The van der Waals surface area contributed by atoms with Gasteiger partial charge in [0.05, 0.1) is 0 Å². The molecule has 0 aromatic heterocycles. The van der Waals surface area contributed by atoms with E-state index in [9.17, 15) is 4.79 Å². The highest BCUT2D eigenvalue weighted by molar-refractivity contribution is 5.88. The SMILES string of the molecule is C/C=C/C(=O)N1CCC(C)C1CC. The molecule has 2 heteroatoms. The molecule has 1 rings (SSSR count). The number of hydrogen-bond acceptors (Lipinski definition) is 1. The molecule has 1 amide bonds. The maximum atomic E-state index is 11.6. The van der Waals surface area contributed by atoms with Gasteiger partial charge in [-0.15, -0.1) is 0 Å². The molecule has 13 heavy (non-hydrogen) atoms. The number of allylic oxidation sites excluding steroid dienone is 1. The standard InChI is InChI=1S/C11H19NO/c1-4-6-11(13)12-8-7-9(3)10(12)5-2/h4,6,9-10H,5,7-8H2,1-3H3/b6-4+. The first-order valence-electron chi connectivity index (χ1n) is 5.14. The lowest BCUT2D eigenvalue weighted by molar-refractivity contribution is -0.127. The Hall–Kier alpha value is -0.790. The number of hydrogen-bond donors (Lipinski definition) is 0. The molecular formula is C11H19NO. The third kappa shape index (κ3) is 2.11. The minimum absolute atomic E-state index is 0.179. The summed E-state index contributed by atoms with van der Waals surface area (Å²) in [6, 6.07) is 0.462. The van der Waals surface area contributed by atoms with Crippen LogP contribution >= 0.6 is 0 Å². The molecular weight excluding hydrogens is 162 g/mol. The molecule has 0 saturated carbocycles. The zero-order chi connectivity index (χ0) is 9.84. The summed E-state index contributed by atoms with van der Waals surface area (Å²) in [6.07, 6.45) is 5.71. The summed E-state index contributed by atoms with van der Waals surface area (Å²) in [5.74, 6) is 0.845. The summed E-state index contributed by atoms with van der Waals surface area (Å²) in [7, 11) is 0. The van der Waals surface area contributed by atoms with Crippen molar-refractivity contribution in [1.82, 2.24) is 4.90 Å². The van der Waals surface area contributed by atoms with Crippen molar-refractivity contribution in [3.63, 3.8) is 0 Å². The summed E-state index contributed by atoms with van der Waals surface area (Å²) < 4.78 is 0. The van der Waals surface area contributed by atoms with E-state index in [1.165, 1.54) is 0 Å². The van der Waals surface area contributed by atoms with Crippen LogP contribution in [-0.2, 0) is 4.79 Å². The van der Waals surface area contributed by atoms with E-state index in [1.54, 1.807) is 6.08 Å². The van der Waals surface area contributed by atoms with Gasteiger partial charge in [-0.25, -0.2) is 0 Å². The zero-order valence-corrected chi connectivity index (χ0v) is 8.79. The van der Waals surface area contributed by atoms with E-state index in [0.29, 0.717) is 12.0 Å². The first-order valence-corrected chi connectivity index (χ1v) is 5.14. The third-order valence-electron chi connectivity index (χ3n) is 2.89. The number of amides is 1. The van der Waals surface area contributed by atoms with E-state index in [4.69, 9.17) is 0 Å². The second-order valence-corrected chi connectivity index (χ2v) is 3.77.